The first-order valence-corrected chi connectivity index (χ1v) is 12.2. The van der Waals surface area contributed by atoms with Gasteiger partial charge in [-0.15, -0.1) is 0 Å². The van der Waals surface area contributed by atoms with Crippen LogP contribution in [-0.4, -0.2) is 78.1 Å². The molecular formula is C24H46MgO9. The highest BCUT2D eigenvalue weighted by molar-refractivity contribution is 5.88. The van der Waals surface area contributed by atoms with E-state index in [0.717, 1.165) is 12.8 Å². The maximum Gasteiger partial charge on any atom is 0.336 e. The molecule has 0 radical (unpaired) electrons. The summed E-state index contributed by atoms with van der Waals surface area (Å²) in [7, 11) is 0. The van der Waals surface area contributed by atoms with Gasteiger partial charge in [-0.3, -0.25) is 14.4 Å². The standard InChI is InChI=1S/C18H36O2.C6H8O7.Mg.2H/c1-2-3-4-5-6-7-8-9-10-11-12-13-14-15-16-17-18(19)20;7-3(8)1-6(13,5(11)12)2-4(9)10;;;/h2-17H2,1H3,(H,19,20);13H,1-2H2,(H,7,8)(H,9,10)(H,11,12);;;. The number of hydrogen-bond acceptors (Lipinski definition) is 5. The molecule has 0 aromatic carbocycles. The van der Waals surface area contributed by atoms with E-state index in [1.165, 1.54) is 83.5 Å². The third kappa shape index (κ3) is 26.9. The van der Waals surface area contributed by atoms with Crippen molar-refractivity contribution in [1.29, 1.82) is 0 Å². The Morgan fingerprint density at radius 3 is 1.06 bits per heavy atom. The Morgan fingerprint density at radius 1 is 0.529 bits per heavy atom. The van der Waals surface area contributed by atoms with Crippen molar-refractivity contribution in [2.24, 2.45) is 0 Å². The van der Waals surface area contributed by atoms with Gasteiger partial charge >= 0.3 is 46.9 Å². The molecule has 0 spiro atoms. The molecule has 0 atom stereocenters. The molecule has 34 heavy (non-hydrogen) atoms. The molecule has 198 valence electrons. The van der Waals surface area contributed by atoms with Gasteiger partial charge in [0.1, 0.15) is 0 Å². The van der Waals surface area contributed by atoms with Gasteiger partial charge in [0, 0.05) is 6.42 Å². The van der Waals surface area contributed by atoms with Crippen molar-refractivity contribution < 1.29 is 44.7 Å². The van der Waals surface area contributed by atoms with Crippen molar-refractivity contribution in [1.82, 2.24) is 0 Å². The number of rotatable bonds is 21. The van der Waals surface area contributed by atoms with Gasteiger partial charge in [0.05, 0.1) is 12.8 Å². The highest BCUT2D eigenvalue weighted by atomic mass is 24.3. The van der Waals surface area contributed by atoms with Crippen LogP contribution in [0.25, 0.3) is 0 Å². The molecule has 0 aliphatic carbocycles. The van der Waals surface area contributed by atoms with Crippen LogP contribution >= 0.6 is 0 Å². The molecule has 0 saturated heterocycles. The summed E-state index contributed by atoms with van der Waals surface area (Å²) < 4.78 is 0. The second kappa shape index (κ2) is 24.7. The highest BCUT2D eigenvalue weighted by Gasteiger charge is 2.40. The van der Waals surface area contributed by atoms with Crippen LogP contribution in [0.4, 0.5) is 0 Å². The number of aliphatic hydroxyl groups is 1. The summed E-state index contributed by atoms with van der Waals surface area (Å²) in [5, 5.41) is 42.3. The van der Waals surface area contributed by atoms with Crippen LogP contribution in [0.3, 0.4) is 0 Å². The van der Waals surface area contributed by atoms with Crippen LogP contribution in [0.1, 0.15) is 122 Å². The number of carbonyl (C=O) groups is 4. The van der Waals surface area contributed by atoms with E-state index in [1.54, 1.807) is 0 Å². The average Bonchev–Trinajstić information content (AvgIpc) is 2.70. The maximum atomic E-state index is 10.3. The fraction of sp³-hybridized carbons (Fsp3) is 0.833. The van der Waals surface area contributed by atoms with Crippen LogP contribution in [0.15, 0.2) is 0 Å². The Kier molecular flexibility index (Phi) is 27.0. The van der Waals surface area contributed by atoms with E-state index < -0.39 is 42.3 Å². The molecule has 0 aromatic heterocycles. The molecular weight excluding hydrogens is 457 g/mol. The van der Waals surface area contributed by atoms with E-state index in [9.17, 15) is 19.2 Å². The van der Waals surface area contributed by atoms with Crippen molar-refractivity contribution in [2.45, 2.75) is 128 Å². The first kappa shape index (κ1) is 37.2. The molecule has 0 aliphatic rings. The lowest BCUT2D eigenvalue weighted by Gasteiger charge is -2.18. The summed E-state index contributed by atoms with van der Waals surface area (Å²) in [4.78, 5) is 40.8. The third-order valence-electron chi connectivity index (χ3n) is 5.28. The minimum Gasteiger partial charge on any atom is -0.481 e. The largest absolute Gasteiger partial charge is 0.481 e. The Hall–Kier alpha value is -1.39. The summed E-state index contributed by atoms with van der Waals surface area (Å²) in [5.74, 6) is -5.67. The predicted octanol–water partition coefficient (Wildman–Crippen LogP) is 4.17. The molecule has 0 saturated carbocycles. The molecule has 0 heterocycles. The first-order valence-electron chi connectivity index (χ1n) is 12.2. The molecule has 0 rings (SSSR count). The quantitative estimate of drug-likeness (QED) is 0.114. The zero-order valence-corrected chi connectivity index (χ0v) is 20.1. The highest BCUT2D eigenvalue weighted by Crippen LogP contribution is 2.16. The Labute approximate surface area is 219 Å². The monoisotopic (exact) mass is 502 g/mol. The van der Waals surface area contributed by atoms with Crippen LogP contribution in [0.5, 0.6) is 0 Å². The summed E-state index contributed by atoms with van der Waals surface area (Å²) in [6, 6.07) is 0. The normalized spacial score (nSPS) is 10.5. The lowest BCUT2D eigenvalue weighted by molar-refractivity contribution is -0.170. The van der Waals surface area contributed by atoms with Crippen molar-refractivity contribution >= 4 is 46.9 Å². The number of aliphatic carboxylic acids is 4. The maximum absolute atomic E-state index is 10.3. The lowest BCUT2D eigenvalue weighted by atomic mass is 9.96. The van der Waals surface area contributed by atoms with Gasteiger partial charge < -0.3 is 25.5 Å². The molecule has 0 bridgehead atoms. The van der Waals surface area contributed by atoms with Crippen molar-refractivity contribution in [3.8, 4) is 0 Å². The molecule has 0 aromatic rings. The van der Waals surface area contributed by atoms with Gasteiger partial charge in [-0.25, -0.2) is 4.79 Å². The third-order valence-corrected chi connectivity index (χ3v) is 5.28. The lowest BCUT2D eigenvalue weighted by Crippen LogP contribution is -2.42. The van der Waals surface area contributed by atoms with E-state index in [0.29, 0.717) is 6.42 Å². The van der Waals surface area contributed by atoms with Gasteiger partial charge in [0.25, 0.3) is 0 Å². The fourth-order valence-electron chi connectivity index (χ4n) is 3.36. The van der Waals surface area contributed by atoms with Crippen LogP contribution in [-0.2, 0) is 19.2 Å². The van der Waals surface area contributed by atoms with Gasteiger partial charge in [-0.05, 0) is 6.42 Å². The van der Waals surface area contributed by atoms with Gasteiger partial charge in [0.2, 0.25) is 0 Å². The van der Waals surface area contributed by atoms with Gasteiger partial charge in [0.15, 0.2) is 5.60 Å². The number of unbranched alkanes of at least 4 members (excludes halogenated alkanes) is 14. The number of carboxylic acids is 4. The van der Waals surface area contributed by atoms with E-state index in [4.69, 9.17) is 25.5 Å². The molecule has 0 unspecified atom stereocenters. The molecule has 9 nitrogen and oxygen atoms in total. The molecule has 0 amide bonds. The summed E-state index contributed by atoms with van der Waals surface area (Å²) in [5.41, 5.74) is -2.74. The van der Waals surface area contributed by atoms with E-state index in [2.05, 4.69) is 6.92 Å². The van der Waals surface area contributed by atoms with Gasteiger partial charge in [-0.1, -0.05) is 96.8 Å². The zero-order valence-electron chi connectivity index (χ0n) is 20.1. The Bertz CT molecular complexity index is 537. The van der Waals surface area contributed by atoms with Crippen molar-refractivity contribution in [3.63, 3.8) is 0 Å². The van der Waals surface area contributed by atoms with E-state index in [1.807, 2.05) is 0 Å². The van der Waals surface area contributed by atoms with Crippen molar-refractivity contribution in [2.75, 3.05) is 0 Å². The number of carboxylic acid groups (broad SMARTS) is 4. The average molecular weight is 503 g/mol. The first-order chi connectivity index (χ1) is 15.5. The molecule has 0 fully saturated rings. The summed E-state index contributed by atoms with van der Waals surface area (Å²) in [6.45, 7) is 2.27. The summed E-state index contributed by atoms with van der Waals surface area (Å²) >= 11 is 0. The minimum absolute atomic E-state index is 0. The Balaban J connectivity index is -0.000000598. The zero-order chi connectivity index (χ0) is 25.5. The fourth-order valence-corrected chi connectivity index (χ4v) is 3.36. The second-order valence-electron chi connectivity index (χ2n) is 8.57. The van der Waals surface area contributed by atoms with Crippen molar-refractivity contribution in [3.05, 3.63) is 0 Å². The summed E-state index contributed by atoms with van der Waals surface area (Å²) in [6.07, 6.45) is 17.9. The minimum atomic E-state index is -2.74. The molecule has 10 heteroatoms. The van der Waals surface area contributed by atoms with Crippen LogP contribution in [0.2, 0.25) is 0 Å². The van der Waals surface area contributed by atoms with E-state index >= 15 is 0 Å². The van der Waals surface area contributed by atoms with E-state index in [-0.39, 0.29) is 23.1 Å². The Morgan fingerprint density at radius 2 is 0.824 bits per heavy atom. The molecule has 0 aliphatic heterocycles. The molecule has 5 N–H and O–H groups in total. The smallest absolute Gasteiger partial charge is 0.336 e. The predicted molar refractivity (Wildman–Crippen MR) is 133 cm³/mol. The van der Waals surface area contributed by atoms with Crippen LogP contribution < -0.4 is 0 Å². The SMILES string of the molecule is CCCCCCCCCCCCCCCCCC(=O)O.O=C(O)CC(O)(CC(=O)O)C(=O)O.[MgH2]. The topological polar surface area (TPSA) is 169 Å². The van der Waals surface area contributed by atoms with Gasteiger partial charge in [-0.2, -0.15) is 0 Å². The number of hydrogen-bond donors (Lipinski definition) is 5. The van der Waals surface area contributed by atoms with Crippen LogP contribution in [0, 0.1) is 0 Å². The second-order valence-corrected chi connectivity index (χ2v) is 8.57.